The van der Waals surface area contributed by atoms with E-state index in [0.717, 1.165) is 30.6 Å². The number of rotatable bonds is 5. The lowest BCUT2D eigenvalue weighted by atomic mass is 9.85. The fraction of sp³-hybridized carbons (Fsp3) is 0.353. The van der Waals surface area contributed by atoms with Crippen molar-refractivity contribution in [2.45, 2.75) is 19.3 Å². The molecular formula is C17H21N5O. The van der Waals surface area contributed by atoms with E-state index in [1.165, 1.54) is 0 Å². The third-order valence-electron chi connectivity index (χ3n) is 4.05. The van der Waals surface area contributed by atoms with Crippen LogP contribution in [0.2, 0.25) is 0 Å². The predicted molar refractivity (Wildman–Crippen MR) is 92.1 cm³/mol. The lowest BCUT2D eigenvalue weighted by Gasteiger charge is -2.23. The molecule has 2 aromatic rings. The van der Waals surface area contributed by atoms with Crippen LogP contribution in [0.25, 0.3) is 0 Å². The topological polar surface area (TPSA) is 70.2 Å². The fourth-order valence-corrected chi connectivity index (χ4v) is 2.36. The van der Waals surface area contributed by atoms with Crippen LogP contribution in [0, 0.1) is 5.92 Å². The Balaban J connectivity index is 1.59. The van der Waals surface area contributed by atoms with Crippen molar-refractivity contribution in [1.82, 2.24) is 10.2 Å². The average Bonchev–Trinajstić information content (AvgIpc) is 2.48. The van der Waals surface area contributed by atoms with Gasteiger partial charge >= 0.3 is 0 Å². The molecular weight excluding hydrogens is 290 g/mol. The first-order valence-electron chi connectivity index (χ1n) is 7.81. The summed E-state index contributed by atoms with van der Waals surface area (Å²) in [4.78, 5) is 13.9. The van der Waals surface area contributed by atoms with E-state index in [1.54, 1.807) is 6.07 Å². The lowest BCUT2D eigenvalue weighted by molar-refractivity contribution is -0.122. The molecule has 1 amide bonds. The van der Waals surface area contributed by atoms with Gasteiger partial charge in [0.1, 0.15) is 0 Å². The molecule has 6 heteroatoms. The molecule has 0 atom stereocenters. The molecule has 23 heavy (non-hydrogen) atoms. The lowest BCUT2D eigenvalue weighted by Crippen LogP contribution is -2.28. The van der Waals surface area contributed by atoms with Crippen LogP contribution in [0.3, 0.4) is 0 Å². The van der Waals surface area contributed by atoms with Crippen LogP contribution in [0.1, 0.15) is 19.3 Å². The summed E-state index contributed by atoms with van der Waals surface area (Å²) in [6, 6.07) is 11.6. The standard InChI is InChI=1S/C17H21N5O/c1-22(2)14-8-6-13(7-9-14)18-15-10-11-16(21-20-15)19-17(23)12-4-3-5-12/h6-12H,3-5H2,1-2H3,(H,18,20)(H,19,21,23). The molecule has 120 valence electrons. The minimum absolute atomic E-state index is 0.0468. The number of hydrogen-bond donors (Lipinski definition) is 2. The van der Waals surface area contributed by atoms with E-state index in [9.17, 15) is 4.79 Å². The van der Waals surface area contributed by atoms with Gasteiger partial charge in [0.25, 0.3) is 0 Å². The normalized spacial score (nSPS) is 14.0. The number of anilines is 4. The summed E-state index contributed by atoms with van der Waals surface area (Å²) in [5.74, 6) is 1.33. The molecule has 0 unspecified atom stereocenters. The predicted octanol–water partition coefficient (Wildman–Crippen LogP) is 3.02. The zero-order valence-electron chi connectivity index (χ0n) is 13.4. The first kappa shape index (κ1) is 15.3. The number of nitrogens with zero attached hydrogens (tertiary/aromatic N) is 3. The van der Waals surface area contributed by atoms with Crippen LogP contribution in [0.4, 0.5) is 23.0 Å². The smallest absolute Gasteiger partial charge is 0.228 e. The Labute approximate surface area is 135 Å². The Morgan fingerprint density at radius 3 is 2.22 bits per heavy atom. The summed E-state index contributed by atoms with van der Waals surface area (Å²) in [5.41, 5.74) is 2.08. The maximum atomic E-state index is 11.9. The summed E-state index contributed by atoms with van der Waals surface area (Å²) in [7, 11) is 4.01. The molecule has 1 heterocycles. The summed E-state index contributed by atoms with van der Waals surface area (Å²) in [5, 5.41) is 14.2. The van der Waals surface area contributed by atoms with Crippen molar-refractivity contribution in [2.24, 2.45) is 5.92 Å². The second kappa shape index (κ2) is 6.64. The van der Waals surface area contributed by atoms with Gasteiger partial charge in [-0.05, 0) is 49.2 Å². The summed E-state index contributed by atoms with van der Waals surface area (Å²) >= 11 is 0. The Kier molecular flexibility index (Phi) is 4.41. The van der Waals surface area contributed by atoms with Gasteiger partial charge in [0.15, 0.2) is 11.6 Å². The average molecular weight is 311 g/mol. The highest BCUT2D eigenvalue weighted by Gasteiger charge is 2.25. The summed E-state index contributed by atoms with van der Waals surface area (Å²) in [6.45, 7) is 0. The van der Waals surface area contributed by atoms with Crippen molar-refractivity contribution in [3.63, 3.8) is 0 Å². The van der Waals surface area contributed by atoms with Gasteiger partial charge < -0.3 is 15.5 Å². The summed E-state index contributed by atoms with van der Waals surface area (Å²) in [6.07, 6.45) is 3.09. The number of nitrogens with one attached hydrogen (secondary N) is 2. The van der Waals surface area contributed by atoms with Gasteiger partial charge in [-0.3, -0.25) is 4.79 Å². The molecule has 1 saturated carbocycles. The largest absolute Gasteiger partial charge is 0.378 e. The van der Waals surface area contributed by atoms with E-state index >= 15 is 0 Å². The number of carbonyl (C=O) groups is 1. The minimum atomic E-state index is 0.0468. The molecule has 1 aliphatic rings. The van der Waals surface area contributed by atoms with Gasteiger partial charge in [-0.15, -0.1) is 10.2 Å². The second-order valence-corrected chi connectivity index (χ2v) is 5.99. The molecule has 2 N–H and O–H groups in total. The molecule has 1 aromatic heterocycles. The summed E-state index contributed by atoms with van der Waals surface area (Å²) < 4.78 is 0. The number of benzene rings is 1. The molecule has 6 nitrogen and oxygen atoms in total. The zero-order valence-corrected chi connectivity index (χ0v) is 13.4. The van der Waals surface area contributed by atoms with Crippen LogP contribution in [-0.2, 0) is 4.79 Å². The highest BCUT2D eigenvalue weighted by molar-refractivity contribution is 5.92. The van der Waals surface area contributed by atoms with E-state index in [-0.39, 0.29) is 11.8 Å². The van der Waals surface area contributed by atoms with Crippen molar-refractivity contribution in [3.05, 3.63) is 36.4 Å². The van der Waals surface area contributed by atoms with E-state index in [2.05, 4.69) is 20.8 Å². The fourth-order valence-electron chi connectivity index (χ4n) is 2.36. The van der Waals surface area contributed by atoms with Crippen molar-refractivity contribution in [2.75, 3.05) is 29.6 Å². The zero-order chi connectivity index (χ0) is 16.2. The second-order valence-electron chi connectivity index (χ2n) is 5.99. The molecule has 3 rings (SSSR count). The number of hydrogen-bond acceptors (Lipinski definition) is 5. The van der Waals surface area contributed by atoms with Crippen molar-refractivity contribution in [1.29, 1.82) is 0 Å². The van der Waals surface area contributed by atoms with Crippen LogP contribution in [-0.4, -0.2) is 30.2 Å². The van der Waals surface area contributed by atoms with Gasteiger partial charge in [0.2, 0.25) is 5.91 Å². The van der Waals surface area contributed by atoms with Gasteiger partial charge in [0, 0.05) is 31.4 Å². The van der Waals surface area contributed by atoms with Crippen molar-refractivity contribution < 1.29 is 4.79 Å². The van der Waals surface area contributed by atoms with Gasteiger partial charge in [-0.2, -0.15) is 0 Å². The van der Waals surface area contributed by atoms with Crippen molar-refractivity contribution >= 4 is 28.9 Å². The molecule has 1 aliphatic carbocycles. The van der Waals surface area contributed by atoms with Gasteiger partial charge in [-0.1, -0.05) is 6.42 Å². The highest BCUT2D eigenvalue weighted by atomic mass is 16.2. The number of aromatic nitrogens is 2. The van der Waals surface area contributed by atoms with Crippen molar-refractivity contribution in [3.8, 4) is 0 Å². The monoisotopic (exact) mass is 311 g/mol. The van der Waals surface area contributed by atoms with Crippen LogP contribution >= 0.6 is 0 Å². The molecule has 1 fully saturated rings. The molecule has 0 spiro atoms. The Morgan fingerprint density at radius 1 is 1.04 bits per heavy atom. The van der Waals surface area contributed by atoms with E-state index in [4.69, 9.17) is 0 Å². The molecule has 0 bridgehead atoms. The Bertz CT molecular complexity index is 662. The maximum absolute atomic E-state index is 11.9. The quantitative estimate of drug-likeness (QED) is 0.888. The molecule has 1 aromatic carbocycles. The SMILES string of the molecule is CN(C)c1ccc(Nc2ccc(NC(=O)C3CCC3)nn2)cc1. The number of carbonyl (C=O) groups excluding carboxylic acids is 1. The third-order valence-corrected chi connectivity index (χ3v) is 4.05. The third kappa shape index (κ3) is 3.77. The van der Waals surface area contributed by atoms with E-state index in [1.807, 2.05) is 49.3 Å². The van der Waals surface area contributed by atoms with Gasteiger partial charge in [-0.25, -0.2) is 0 Å². The first-order chi connectivity index (χ1) is 11.1. The number of amides is 1. The molecule has 0 aliphatic heterocycles. The van der Waals surface area contributed by atoms with Crippen LogP contribution in [0.5, 0.6) is 0 Å². The van der Waals surface area contributed by atoms with Crippen LogP contribution < -0.4 is 15.5 Å². The Morgan fingerprint density at radius 2 is 1.70 bits per heavy atom. The molecule has 0 radical (unpaired) electrons. The van der Waals surface area contributed by atoms with E-state index in [0.29, 0.717) is 11.6 Å². The molecule has 0 saturated heterocycles. The minimum Gasteiger partial charge on any atom is -0.378 e. The van der Waals surface area contributed by atoms with Crippen LogP contribution in [0.15, 0.2) is 36.4 Å². The first-order valence-corrected chi connectivity index (χ1v) is 7.81. The highest BCUT2D eigenvalue weighted by Crippen LogP contribution is 2.27. The maximum Gasteiger partial charge on any atom is 0.228 e. The van der Waals surface area contributed by atoms with E-state index < -0.39 is 0 Å². The Hall–Kier alpha value is -2.63. The van der Waals surface area contributed by atoms with Gasteiger partial charge in [0.05, 0.1) is 0 Å².